The Hall–Kier alpha value is -4.69. The van der Waals surface area contributed by atoms with E-state index in [4.69, 9.17) is 4.62 Å². The van der Waals surface area contributed by atoms with E-state index in [1.165, 1.54) is 18.2 Å². The number of benzene rings is 4. The highest BCUT2D eigenvalue weighted by molar-refractivity contribution is 7.74. The lowest BCUT2D eigenvalue weighted by atomic mass is 9.97. The molecule has 7 nitrogen and oxygen atoms in total. The first kappa shape index (κ1) is 27.3. The van der Waals surface area contributed by atoms with Crippen LogP contribution in [0.5, 0.6) is 0 Å². The van der Waals surface area contributed by atoms with Crippen molar-refractivity contribution in [1.82, 2.24) is 0 Å². The van der Waals surface area contributed by atoms with Gasteiger partial charge in [0.25, 0.3) is 0 Å². The molecule has 0 atom stereocenters. The molecule has 11 heteroatoms. The van der Waals surface area contributed by atoms with Crippen molar-refractivity contribution in [2.24, 2.45) is 15.5 Å². The highest BCUT2D eigenvalue weighted by atomic mass is 31.2. The number of oxime groups is 3. The summed E-state index contributed by atoms with van der Waals surface area (Å²) in [5.41, 5.74) is -2.22. The minimum Gasteiger partial charge on any atom is -0.410 e. The molecule has 0 saturated carbocycles. The second-order valence-electron chi connectivity index (χ2n) is 8.09. The Morgan fingerprint density at radius 1 is 0.667 bits per heavy atom. The van der Waals surface area contributed by atoms with Gasteiger partial charge in [-0.15, -0.1) is 0 Å². The van der Waals surface area contributed by atoms with Crippen molar-refractivity contribution in [2.75, 3.05) is 0 Å². The van der Waals surface area contributed by atoms with E-state index in [9.17, 15) is 28.2 Å². The van der Waals surface area contributed by atoms with Gasteiger partial charge < -0.3 is 15.0 Å². The molecule has 0 aliphatic carbocycles. The Kier molecular flexibility index (Phi) is 8.27. The van der Waals surface area contributed by atoms with E-state index in [0.29, 0.717) is 0 Å². The van der Waals surface area contributed by atoms with Gasteiger partial charge in [0.2, 0.25) is 0 Å². The second kappa shape index (κ2) is 11.8. The molecule has 0 unspecified atom stereocenters. The Labute approximate surface area is 221 Å². The molecule has 0 aliphatic rings. The minimum atomic E-state index is -4.70. The molecule has 0 heterocycles. The lowest BCUT2D eigenvalue weighted by Gasteiger charge is -2.18. The molecule has 0 radical (unpaired) electrons. The number of halogens is 3. The zero-order chi connectivity index (χ0) is 27.9. The molecule has 39 heavy (non-hydrogen) atoms. The highest BCUT2D eigenvalue weighted by Crippen LogP contribution is 2.45. The summed E-state index contributed by atoms with van der Waals surface area (Å²) in [7, 11) is -3.95. The predicted molar refractivity (Wildman–Crippen MR) is 143 cm³/mol. The largest absolute Gasteiger partial charge is 0.416 e. The monoisotopic (exact) mass is 551 g/mol. The van der Waals surface area contributed by atoms with Gasteiger partial charge in [-0.1, -0.05) is 94.3 Å². The number of hydrogen-bond donors (Lipinski definition) is 2. The molecule has 0 bridgehead atoms. The Morgan fingerprint density at radius 3 is 1.67 bits per heavy atom. The maximum absolute atomic E-state index is 14.3. The van der Waals surface area contributed by atoms with Crippen molar-refractivity contribution in [3.8, 4) is 0 Å². The van der Waals surface area contributed by atoms with E-state index in [-0.39, 0.29) is 27.4 Å². The maximum Gasteiger partial charge on any atom is 0.416 e. The average molecular weight is 551 g/mol. The summed E-state index contributed by atoms with van der Waals surface area (Å²) in [6.07, 6.45) is -4.70. The van der Waals surface area contributed by atoms with Crippen LogP contribution in [-0.2, 0) is 15.4 Å². The smallest absolute Gasteiger partial charge is 0.410 e. The van der Waals surface area contributed by atoms with E-state index in [0.717, 1.165) is 18.2 Å². The van der Waals surface area contributed by atoms with E-state index >= 15 is 0 Å². The van der Waals surface area contributed by atoms with E-state index in [2.05, 4.69) is 15.5 Å². The molecule has 4 aromatic carbocycles. The highest BCUT2D eigenvalue weighted by Gasteiger charge is 2.34. The third kappa shape index (κ3) is 6.08. The van der Waals surface area contributed by atoms with Crippen LogP contribution in [0.15, 0.2) is 131 Å². The Morgan fingerprint density at radius 2 is 1.18 bits per heavy atom. The molecule has 0 amide bonds. The van der Waals surface area contributed by atoms with Crippen LogP contribution in [0.4, 0.5) is 13.2 Å². The molecule has 2 N–H and O–H groups in total. The average Bonchev–Trinajstić information content (AvgIpc) is 2.97. The van der Waals surface area contributed by atoms with Gasteiger partial charge >= 0.3 is 13.5 Å². The van der Waals surface area contributed by atoms with Crippen LogP contribution >= 0.6 is 7.37 Å². The third-order valence-corrected chi connectivity index (χ3v) is 7.87. The molecule has 4 rings (SSSR count). The molecule has 4 aromatic rings. The number of alkyl halides is 3. The molecule has 0 saturated heterocycles. The number of nitrogens with zero attached hydrogens (tertiary/aromatic N) is 3. The van der Waals surface area contributed by atoms with E-state index < -0.39 is 30.5 Å². The van der Waals surface area contributed by atoms with Gasteiger partial charge in [-0.25, -0.2) is 0 Å². The lowest BCUT2D eigenvalue weighted by Crippen LogP contribution is -2.28. The Balaban J connectivity index is 1.92. The summed E-state index contributed by atoms with van der Waals surface area (Å²) in [4.78, 5) is 0. The van der Waals surface area contributed by atoms with Crippen LogP contribution in [0.3, 0.4) is 0 Å². The van der Waals surface area contributed by atoms with Crippen LogP contribution in [0.2, 0.25) is 0 Å². The van der Waals surface area contributed by atoms with E-state index in [1.807, 2.05) is 0 Å². The Bertz CT molecular complexity index is 1520. The van der Waals surface area contributed by atoms with Gasteiger partial charge in [0.1, 0.15) is 11.4 Å². The number of hydrogen-bond acceptors (Lipinski definition) is 7. The van der Waals surface area contributed by atoms with Crippen molar-refractivity contribution in [3.05, 3.63) is 132 Å². The lowest BCUT2D eigenvalue weighted by molar-refractivity contribution is -0.137. The van der Waals surface area contributed by atoms with E-state index in [1.54, 1.807) is 78.9 Å². The van der Waals surface area contributed by atoms with Crippen molar-refractivity contribution in [3.63, 3.8) is 0 Å². The molecule has 0 spiro atoms. The summed E-state index contributed by atoms with van der Waals surface area (Å²) >= 11 is 0. The second-order valence-corrected chi connectivity index (χ2v) is 10.4. The van der Waals surface area contributed by atoms with Gasteiger partial charge in [-0.05, 0) is 36.4 Å². The third-order valence-electron chi connectivity index (χ3n) is 5.60. The molecular formula is C28H21F3N3O4P. The quantitative estimate of drug-likeness (QED) is 0.120. The van der Waals surface area contributed by atoms with Crippen LogP contribution < -0.4 is 10.6 Å². The van der Waals surface area contributed by atoms with Gasteiger partial charge in [0.15, 0.2) is 5.71 Å². The SMILES string of the molecule is O=P(ON=C(C(=NO)C(=NO)c1ccccc1)c1cccc(C(F)(F)F)c1)(c1ccccc1)c1ccccc1. The molecule has 0 fully saturated rings. The van der Waals surface area contributed by atoms with Gasteiger partial charge in [0.05, 0.1) is 16.2 Å². The fourth-order valence-corrected chi connectivity index (χ4v) is 5.52. The van der Waals surface area contributed by atoms with Crippen LogP contribution in [0.1, 0.15) is 16.7 Å². The zero-order valence-electron chi connectivity index (χ0n) is 20.1. The van der Waals surface area contributed by atoms with Crippen LogP contribution in [0.25, 0.3) is 0 Å². The zero-order valence-corrected chi connectivity index (χ0v) is 21.0. The topological polar surface area (TPSA) is 104 Å². The first-order chi connectivity index (χ1) is 18.8. The van der Waals surface area contributed by atoms with Gasteiger partial charge in [0, 0.05) is 11.1 Å². The van der Waals surface area contributed by atoms with Gasteiger partial charge in [-0.2, -0.15) is 13.2 Å². The van der Waals surface area contributed by atoms with Gasteiger partial charge in [-0.3, -0.25) is 4.57 Å². The standard InChI is InChI=1S/C28H21F3N3O4P/c29-28(30,31)22-14-10-13-21(19-22)26(27(33-36)25(32-35)20-11-4-1-5-12-20)34-38-39(37,23-15-6-2-7-16-23)24-17-8-3-9-18-24/h1-19,35-36H. The number of rotatable bonds is 8. The summed E-state index contributed by atoms with van der Waals surface area (Å²) in [5, 5.41) is 30.7. The summed E-state index contributed by atoms with van der Waals surface area (Å²) in [6.45, 7) is 0. The summed E-state index contributed by atoms with van der Waals surface area (Å²) in [5.74, 6) is 0. The van der Waals surface area contributed by atoms with Crippen molar-refractivity contribution in [2.45, 2.75) is 6.18 Å². The minimum absolute atomic E-state index is 0.192. The summed E-state index contributed by atoms with van der Waals surface area (Å²) in [6, 6.07) is 28.3. The van der Waals surface area contributed by atoms with Crippen LogP contribution in [-0.4, -0.2) is 27.5 Å². The predicted octanol–water partition coefficient (Wildman–Crippen LogP) is 6.06. The summed E-state index contributed by atoms with van der Waals surface area (Å²) < 4.78 is 60.7. The first-order valence-corrected chi connectivity index (χ1v) is 13.1. The molecule has 198 valence electrons. The first-order valence-electron chi connectivity index (χ1n) is 11.4. The fraction of sp³-hybridized carbons (Fsp3) is 0.0357. The molecule has 0 aromatic heterocycles. The molecule has 0 aliphatic heterocycles. The molecular weight excluding hydrogens is 530 g/mol. The van der Waals surface area contributed by atoms with Crippen LogP contribution in [0, 0.1) is 0 Å². The van der Waals surface area contributed by atoms with Crippen molar-refractivity contribution >= 4 is 35.1 Å². The normalized spacial score (nSPS) is 13.3. The van der Waals surface area contributed by atoms with Crippen molar-refractivity contribution in [1.29, 1.82) is 0 Å². The fourth-order valence-electron chi connectivity index (χ4n) is 3.71. The maximum atomic E-state index is 14.3. The van der Waals surface area contributed by atoms with Crippen molar-refractivity contribution < 1.29 is 32.8 Å².